The fraction of sp³-hybridized carbons (Fsp3) is 0.268. The molecule has 0 saturated heterocycles. The minimum Gasteiger partial charge on any atom is -0.497 e. The van der Waals surface area contributed by atoms with Crippen LogP contribution in [-0.4, -0.2) is 80.5 Å². The van der Waals surface area contributed by atoms with Gasteiger partial charge in [0, 0.05) is 136 Å². The summed E-state index contributed by atoms with van der Waals surface area (Å²) in [7, 11) is 7.06. The standard InChI is InChI=1S/C29H26N2O6.C27H25N3O4/c1-16(32)36-15-17-10-11-31-23-9-8-18(35-3)13-20(23)25(24(31)12-17)27-26(28(33)37-29(27)34)21-14-30(2)22-7-5-4-6-19(21)22;1-29-13-19(17-5-3-4-6-20(17)29)24-25(27(33)28-26(24)32)23-18-12-16(34-2)7-8-21(18)30-10-9-15(14-31)11-22(23)30/h4-9,13-14,17H,10-12,15H2,1-3H3;3-8,12-13,15,31H,9-11,14H2,1-2H3,(H,28,32,33). The van der Waals surface area contributed by atoms with E-state index in [0.29, 0.717) is 59.8 Å². The molecule has 0 radical (unpaired) electrons. The maximum atomic E-state index is 13.4. The second kappa shape index (κ2) is 17.7. The minimum absolute atomic E-state index is 0.0879. The van der Waals surface area contributed by atoms with E-state index in [2.05, 4.69) is 14.5 Å². The number of carbonyl (C=O) groups is 5. The lowest BCUT2D eigenvalue weighted by Crippen LogP contribution is -2.24. The first kappa shape index (κ1) is 45.3. The lowest BCUT2D eigenvalue weighted by molar-refractivity contribution is -0.149. The number of ether oxygens (including phenoxy) is 4. The van der Waals surface area contributed by atoms with E-state index in [1.165, 1.54) is 6.92 Å². The number of aromatic nitrogens is 4. The van der Waals surface area contributed by atoms with Crippen molar-refractivity contribution in [3.05, 3.63) is 131 Å². The van der Waals surface area contributed by atoms with Crippen LogP contribution in [0.15, 0.2) is 97.3 Å². The Morgan fingerprint density at radius 1 is 0.634 bits per heavy atom. The van der Waals surface area contributed by atoms with Gasteiger partial charge in [-0.1, -0.05) is 36.4 Å². The molecule has 0 aliphatic carbocycles. The number of nitrogens with one attached hydrogen (secondary N) is 1. The van der Waals surface area contributed by atoms with Crippen molar-refractivity contribution >= 4 is 95.6 Å². The van der Waals surface area contributed by atoms with Gasteiger partial charge in [0.25, 0.3) is 11.8 Å². The second-order valence-corrected chi connectivity index (χ2v) is 18.7. The largest absolute Gasteiger partial charge is 0.497 e. The fourth-order valence-electron chi connectivity index (χ4n) is 11.3. The molecule has 2 unspecified atom stereocenters. The van der Waals surface area contributed by atoms with Crippen LogP contribution in [0, 0.1) is 11.8 Å². The van der Waals surface area contributed by atoms with Crippen molar-refractivity contribution in [3.63, 3.8) is 0 Å². The van der Waals surface area contributed by atoms with Crippen LogP contribution < -0.4 is 14.8 Å². The van der Waals surface area contributed by atoms with E-state index in [1.807, 2.05) is 121 Å². The number of para-hydroxylation sites is 2. The fourth-order valence-corrected chi connectivity index (χ4v) is 11.3. The average molecular weight is 954 g/mol. The van der Waals surface area contributed by atoms with Crippen molar-refractivity contribution in [2.45, 2.75) is 45.7 Å². The van der Waals surface area contributed by atoms with Gasteiger partial charge in [0.1, 0.15) is 11.5 Å². The smallest absolute Gasteiger partial charge is 0.347 e. The molecule has 15 nitrogen and oxygen atoms in total. The summed E-state index contributed by atoms with van der Waals surface area (Å²) in [5.41, 5.74) is 9.95. The molecule has 0 fully saturated rings. The third kappa shape index (κ3) is 7.41. The number of amides is 2. The molecule has 15 heteroatoms. The van der Waals surface area contributed by atoms with E-state index in [4.69, 9.17) is 18.9 Å². The summed E-state index contributed by atoms with van der Waals surface area (Å²) in [6, 6.07) is 27.3. The molecule has 4 aromatic carbocycles. The molecule has 8 heterocycles. The quantitative estimate of drug-likeness (QED) is 0.0837. The Labute approximate surface area is 407 Å². The first-order valence-corrected chi connectivity index (χ1v) is 23.7. The van der Waals surface area contributed by atoms with Crippen molar-refractivity contribution < 1.29 is 48.0 Å². The molecular formula is C56H51N5O10. The number of hydrogen-bond acceptors (Lipinski definition) is 10. The molecule has 2 N–H and O–H groups in total. The number of fused-ring (bicyclic) bond motifs is 8. The van der Waals surface area contributed by atoms with Crippen molar-refractivity contribution in [2.75, 3.05) is 27.4 Å². The van der Waals surface area contributed by atoms with Crippen LogP contribution in [0.5, 0.6) is 11.5 Å². The van der Waals surface area contributed by atoms with Gasteiger partial charge in [-0.25, -0.2) is 9.59 Å². The van der Waals surface area contributed by atoms with Gasteiger partial charge in [-0.2, -0.15) is 0 Å². The van der Waals surface area contributed by atoms with Gasteiger partial charge < -0.3 is 42.3 Å². The van der Waals surface area contributed by atoms with Crippen molar-refractivity contribution in [3.8, 4) is 11.5 Å². The highest BCUT2D eigenvalue weighted by atomic mass is 16.6. The number of hydrogen-bond donors (Lipinski definition) is 2. The Hall–Kier alpha value is -8.17. The van der Waals surface area contributed by atoms with Crippen LogP contribution in [0.25, 0.3) is 65.9 Å². The molecule has 12 rings (SSSR count). The van der Waals surface area contributed by atoms with Crippen LogP contribution in [-0.2, 0) is 73.5 Å². The summed E-state index contributed by atoms with van der Waals surface area (Å²) < 4.78 is 29.9. The number of aryl methyl sites for hydroxylation is 4. The van der Waals surface area contributed by atoms with Crippen molar-refractivity contribution in [1.82, 2.24) is 23.6 Å². The summed E-state index contributed by atoms with van der Waals surface area (Å²) in [5.74, 6) is -0.866. The highest BCUT2D eigenvalue weighted by molar-refractivity contribution is 6.51. The molecule has 2 amide bonds. The van der Waals surface area contributed by atoms with Gasteiger partial charge in [-0.3, -0.25) is 19.7 Å². The molecule has 0 spiro atoms. The van der Waals surface area contributed by atoms with E-state index in [-0.39, 0.29) is 41.5 Å². The predicted molar refractivity (Wildman–Crippen MR) is 268 cm³/mol. The van der Waals surface area contributed by atoms with E-state index >= 15 is 0 Å². The Morgan fingerprint density at radius 3 is 1.68 bits per heavy atom. The highest BCUT2D eigenvalue weighted by Gasteiger charge is 2.41. The first-order valence-electron chi connectivity index (χ1n) is 23.7. The molecular weight excluding hydrogens is 903 g/mol. The molecule has 8 aromatic rings. The number of cyclic esters (lactones) is 2. The zero-order chi connectivity index (χ0) is 49.4. The maximum Gasteiger partial charge on any atom is 0.347 e. The number of imide groups is 1. The van der Waals surface area contributed by atoms with Crippen LogP contribution in [0.1, 0.15) is 53.4 Å². The van der Waals surface area contributed by atoms with Crippen LogP contribution in [0.3, 0.4) is 0 Å². The first-order chi connectivity index (χ1) is 34.4. The molecule has 2 atom stereocenters. The zero-order valence-corrected chi connectivity index (χ0v) is 40.0. The number of benzene rings is 4. The summed E-state index contributed by atoms with van der Waals surface area (Å²) >= 11 is 0. The van der Waals surface area contributed by atoms with Gasteiger partial charge in [0.05, 0.1) is 43.1 Å². The number of aliphatic hydroxyl groups excluding tert-OH is 1. The van der Waals surface area contributed by atoms with E-state index in [1.54, 1.807) is 14.2 Å². The maximum absolute atomic E-state index is 13.4. The van der Waals surface area contributed by atoms with Gasteiger partial charge in [-0.05, 0) is 80.1 Å². The molecule has 360 valence electrons. The monoisotopic (exact) mass is 953 g/mol. The van der Waals surface area contributed by atoms with Gasteiger partial charge in [-0.15, -0.1) is 0 Å². The Balaban J connectivity index is 0.000000155. The number of nitrogens with zero attached hydrogens (tertiary/aromatic N) is 4. The molecule has 4 aliphatic rings. The number of carbonyl (C=O) groups excluding carboxylic acids is 5. The van der Waals surface area contributed by atoms with Gasteiger partial charge >= 0.3 is 17.9 Å². The lowest BCUT2D eigenvalue weighted by atomic mass is 9.89. The van der Waals surface area contributed by atoms with E-state index < -0.39 is 17.8 Å². The molecule has 0 saturated carbocycles. The van der Waals surface area contributed by atoms with Gasteiger partial charge in [0.2, 0.25) is 0 Å². The Bertz CT molecular complexity index is 3670. The summed E-state index contributed by atoms with van der Waals surface area (Å²) in [6.45, 7) is 3.24. The number of aliphatic hydroxyl groups is 1. The van der Waals surface area contributed by atoms with Crippen LogP contribution in [0.2, 0.25) is 0 Å². The number of rotatable bonds is 9. The molecule has 4 aliphatic heterocycles. The lowest BCUT2D eigenvalue weighted by Gasteiger charge is -2.25. The SMILES string of the molecule is COc1ccc2c(c1)c(C1=C(c3cn(C)c4ccccc34)C(=O)NC1=O)c1n2CCC(CO)C1.COc1ccc2c(c1)c(C1=C(c3cn(C)c4ccccc34)C(=O)OC1=O)c1n2CCC(COC(C)=O)C1. The average Bonchev–Trinajstić information content (AvgIpc) is 4.20. The summed E-state index contributed by atoms with van der Waals surface area (Å²) in [6.07, 6.45) is 6.70. The number of methoxy groups -OCH3 is 2. The third-order valence-electron chi connectivity index (χ3n) is 14.6. The number of esters is 3. The van der Waals surface area contributed by atoms with Crippen molar-refractivity contribution in [2.24, 2.45) is 25.9 Å². The van der Waals surface area contributed by atoms with Gasteiger partial charge in [0.15, 0.2) is 0 Å². The summed E-state index contributed by atoms with van der Waals surface area (Å²) in [4.78, 5) is 64.6. The predicted octanol–water partition coefficient (Wildman–Crippen LogP) is 7.52. The Kier molecular flexibility index (Phi) is 11.3. The molecule has 4 aromatic heterocycles. The normalized spacial score (nSPS) is 17.8. The second-order valence-electron chi connectivity index (χ2n) is 18.7. The minimum atomic E-state index is -0.659. The van der Waals surface area contributed by atoms with Crippen molar-refractivity contribution in [1.29, 1.82) is 0 Å². The Morgan fingerprint density at radius 2 is 1.13 bits per heavy atom. The van der Waals surface area contributed by atoms with E-state index in [0.717, 1.165) is 85.5 Å². The third-order valence-corrected chi connectivity index (χ3v) is 14.6. The highest BCUT2D eigenvalue weighted by Crippen LogP contribution is 2.46. The van der Waals surface area contributed by atoms with Crippen LogP contribution in [0.4, 0.5) is 0 Å². The van der Waals surface area contributed by atoms with E-state index in [9.17, 15) is 29.1 Å². The molecule has 0 bridgehead atoms. The summed E-state index contributed by atoms with van der Waals surface area (Å²) in [5, 5.41) is 15.9. The zero-order valence-electron chi connectivity index (χ0n) is 40.0. The topological polar surface area (TPSA) is 174 Å². The van der Waals surface area contributed by atoms with Crippen LogP contribution >= 0.6 is 0 Å². The molecule has 71 heavy (non-hydrogen) atoms.